The summed E-state index contributed by atoms with van der Waals surface area (Å²) in [6.45, 7) is 0.509. The maximum absolute atomic E-state index is 12.8. The molecule has 0 fully saturated rings. The average Bonchev–Trinajstić information content (AvgIpc) is 2.87. The third-order valence-corrected chi connectivity index (χ3v) is 2.77. The molecule has 0 unspecified atom stereocenters. The Kier molecular flexibility index (Phi) is 4.15. The van der Waals surface area contributed by atoms with Crippen molar-refractivity contribution in [3.8, 4) is 0 Å². The predicted molar refractivity (Wildman–Crippen MR) is 69.1 cm³/mol. The van der Waals surface area contributed by atoms with Gasteiger partial charge in [0.2, 0.25) is 0 Å². The second-order valence-electron chi connectivity index (χ2n) is 4.27. The van der Waals surface area contributed by atoms with Gasteiger partial charge in [0.15, 0.2) is 5.69 Å². The van der Waals surface area contributed by atoms with Crippen LogP contribution in [-0.2, 0) is 12.7 Å². The Labute approximate surface area is 118 Å². The molecule has 0 aliphatic carbocycles. The molecule has 0 bridgehead atoms. The lowest BCUT2D eigenvalue weighted by molar-refractivity contribution is -0.136. The van der Waals surface area contributed by atoms with E-state index in [1.165, 1.54) is 35.3 Å². The molecule has 1 heterocycles. The Morgan fingerprint density at radius 1 is 1.33 bits per heavy atom. The first kappa shape index (κ1) is 14.9. The van der Waals surface area contributed by atoms with Crippen molar-refractivity contribution in [3.63, 3.8) is 0 Å². The molecule has 2 N–H and O–H groups in total. The van der Waals surface area contributed by atoms with Crippen LogP contribution in [0.25, 0.3) is 0 Å². The third-order valence-electron chi connectivity index (χ3n) is 2.77. The van der Waals surface area contributed by atoms with Crippen molar-refractivity contribution in [3.05, 3.63) is 48.0 Å². The van der Waals surface area contributed by atoms with Crippen LogP contribution in [0.4, 0.5) is 18.9 Å². The summed E-state index contributed by atoms with van der Waals surface area (Å²) in [5.41, 5.74) is -0.851. The number of imidazole rings is 1. The highest BCUT2D eigenvalue weighted by Gasteiger charge is 2.32. The van der Waals surface area contributed by atoms with Crippen LogP contribution in [0.15, 0.2) is 36.8 Å². The first-order chi connectivity index (χ1) is 9.88. The molecule has 1 aromatic carbocycles. The van der Waals surface area contributed by atoms with Gasteiger partial charge in [0.25, 0.3) is 0 Å². The second kappa shape index (κ2) is 5.86. The van der Waals surface area contributed by atoms with E-state index in [0.29, 0.717) is 6.54 Å². The molecule has 1 aromatic heterocycles. The smallest absolute Gasteiger partial charge is 0.418 e. The highest BCUT2D eigenvalue weighted by Crippen LogP contribution is 2.34. The number of nitrogens with zero attached hydrogens (tertiary/aromatic N) is 2. The van der Waals surface area contributed by atoms with Crippen LogP contribution in [0.3, 0.4) is 0 Å². The van der Waals surface area contributed by atoms with Gasteiger partial charge >= 0.3 is 12.1 Å². The number of aromatic carboxylic acids is 1. The van der Waals surface area contributed by atoms with Gasteiger partial charge in [-0.15, -0.1) is 0 Å². The zero-order chi connectivity index (χ0) is 15.5. The van der Waals surface area contributed by atoms with Crippen LogP contribution >= 0.6 is 0 Å². The number of alkyl halides is 3. The Bertz CT molecular complexity index is 638. The molecule has 0 amide bonds. The van der Waals surface area contributed by atoms with Gasteiger partial charge in [0.1, 0.15) is 0 Å². The van der Waals surface area contributed by atoms with Crippen molar-refractivity contribution in [2.24, 2.45) is 0 Å². The largest absolute Gasteiger partial charge is 0.476 e. The lowest BCUT2D eigenvalue weighted by atomic mass is 10.1. The van der Waals surface area contributed by atoms with Crippen molar-refractivity contribution in [2.45, 2.75) is 12.7 Å². The van der Waals surface area contributed by atoms with Crippen molar-refractivity contribution in [1.29, 1.82) is 0 Å². The van der Waals surface area contributed by atoms with Gasteiger partial charge in [-0.1, -0.05) is 12.1 Å². The number of rotatable bonds is 5. The van der Waals surface area contributed by atoms with Crippen LogP contribution in [-0.4, -0.2) is 27.2 Å². The monoisotopic (exact) mass is 299 g/mol. The van der Waals surface area contributed by atoms with E-state index in [9.17, 15) is 18.0 Å². The fraction of sp³-hybridized carbons (Fsp3) is 0.231. The number of anilines is 1. The zero-order valence-electron chi connectivity index (χ0n) is 10.8. The minimum absolute atomic E-state index is 0.0106. The second-order valence-corrected chi connectivity index (χ2v) is 4.27. The van der Waals surface area contributed by atoms with E-state index in [0.717, 1.165) is 6.07 Å². The average molecular weight is 299 g/mol. The molecule has 112 valence electrons. The van der Waals surface area contributed by atoms with Gasteiger partial charge in [-0.2, -0.15) is 13.2 Å². The summed E-state index contributed by atoms with van der Waals surface area (Å²) >= 11 is 0. The standard InChI is InChI=1S/C13H12F3N3O2/c14-13(15,16)9-3-1-2-4-10(9)17-5-6-19-7-11(12(20)21)18-8-19/h1-4,7-8,17H,5-6H2,(H,20,21). The van der Waals surface area contributed by atoms with E-state index in [2.05, 4.69) is 10.3 Å². The van der Waals surface area contributed by atoms with E-state index in [4.69, 9.17) is 5.11 Å². The third kappa shape index (κ3) is 3.74. The van der Waals surface area contributed by atoms with Crippen LogP contribution in [0.2, 0.25) is 0 Å². The van der Waals surface area contributed by atoms with Gasteiger partial charge in [0, 0.05) is 25.0 Å². The summed E-state index contributed by atoms with van der Waals surface area (Å²) in [5.74, 6) is -1.15. The van der Waals surface area contributed by atoms with Crippen LogP contribution in [0, 0.1) is 0 Å². The fourth-order valence-corrected chi connectivity index (χ4v) is 1.80. The molecule has 2 rings (SSSR count). The van der Waals surface area contributed by atoms with E-state index in [-0.39, 0.29) is 17.9 Å². The number of carboxylic acids is 1. The molecular formula is C13H12F3N3O2. The number of carbonyl (C=O) groups is 1. The Morgan fingerprint density at radius 2 is 2.05 bits per heavy atom. The van der Waals surface area contributed by atoms with Crippen molar-refractivity contribution < 1.29 is 23.1 Å². The molecule has 0 spiro atoms. The highest BCUT2D eigenvalue weighted by atomic mass is 19.4. The Hall–Kier alpha value is -2.51. The van der Waals surface area contributed by atoms with E-state index < -0.39 is 17.7 Å². The van der Waals surface area contributed by atoms with E-state index in [1.54, 1.807) is 0 Å². The van der Waals surface area contributed by atoms with Gasteiger partial charge in [-0.05, 0) is 12.1 Å². The number of nitrogens with one attached hydrogen (secondary N) is 1. The number of carboxylic acid groups (broad SMARTS) is 1. The minimum Gasteiger partial charge on any atom is -0.476 e. The maximum Gasteiger partial charge on any atom is 0.418 e. The number of hydrogen-bond acceptors (Lipinski definition) is 3. The first-order valence-corrected chi connectivity index (χ1v) is 6.03. The lowest BCUT2D eigenvalue weighted by Crippen LogP contribution is -2.14. The molecule has 0 saturated heterocycles. The van der Waals surface area contributed by atoms with Gasteiger partial charge in [-0.3, -0.25) is 0 Å². The Balaban J connectivity index is 1.99. The molecule has 2 aromatic rings. The molecular weight excluding hydrogens is 287 g/mol. The van der Waals surface area contributed by atoms with E-state index >= 15 is 0 Å². The molecule has 0 atom stereocenters. The Morgan fingerprint density at radius 3 is 2.67 bits per heavy atom. The molecule has 8 heteroatoms. The molecule has 0 aliphatic rings. The first-order valence-electron chi connectivity index (χ1n) is 6.03. The van der Waals surface area contributed by atoms with Crippen molar-refractivity contribution in [2.75, 3.05) is 11.9 Å². The number of para-hydroxylation sites is 1. The summed E-state index contributed by atoms with van der Waals surface area (Å²) < 4.78 is 39.8. The summed E-state index contributed by atoms with van der Waals surface area (Å²) in [6.07, 6.45) is -1.78. The van der Waals surface area contributed by atoms with Crippen LogP contribution in [0.1, 0.15) is 16.1 Å². The molecule has 21 heavy (non-hydrogen) atoms. The van der Waals surface area contributed by atoms with Crippen LogP contribution < -0.4 is 5.32 Å². The SMILES string of the molecule is O=C(O)c1cn(CCNc2ccccc2C(F)(F)F)cn1. The topological polar surface area (TPSA) is 67.2 Å². The summed E-state index contributed by atoms with van der Waals surface area (Å²) in [4.78, 5) is 14.3. The molecule has 0 aliphatic heterocycles. The van der Waals surface area contributed by atoms with E-state index in [1.807, 2.05) is 0 Å². The number of halogens is 3. The number of aromatic nitrogens is 2. The molecule has 0 radical (unpaired) electrons. The van der Waals surface area contributed by atoms with Gasteiger partial charge in [-0.25, -0.2) is 9.78 Å². The lowest BCUT2D eigenvalue weighted by Gasteiger charge is -2.14. The maximum atomic E-state index is 12.8. The predicted octanol–water partition coefficient (Wildman–Crippen LogP) is 2.71. The van der Waals surface area contributed by atoms with Crippen molar-refractivity contribution >= 4 is 11.7 Å². The zero-order valence-corrected chi connectivity index (χ0v) is 10.8. The summed E-state index contributed by atoms with van der Waals surface area (Å²) in [5, 5.41) is 11.4. The van der Waals surface area contributed by atoms with Gasteiger partial charge in [0.05, 0.1) is 11.9 Å². The fourth-order valence-electron chi connectivity index (χ4n) is 1.80. The normalized spacial score (nSPS) is 11.4. The highest BCUT2D eigenvalue weighted by molar-refractivity contribution is 5.84. The van der Waals surface area contributed by atoms with Gasteiger partial charge < -0.3 is 15.0 Å². The minimum atomic E-state index is -4.42. The summed E-state index contributed by atoms with van der Waals surface area (Å²) in [7, 11) is 0. The molecule has 5 nitrogen and oxygen atoms in total. The number of benzene rings is 1. The number of hydrogen-bond donors (Lipinski definition) is 2. The van der Waals surface area contributed by atoms with Crippen LogP contribution in [0.5, 0.6) is 0 Å². The molecule has 0 saturated carbocycles. The summed E-state index contributed by atoms with van der Waals surface area (Å²) in [6, 6.07) is 5.18. The quantitative estimate of drug-likeness (QED) is 0.891. The van der Waals surface area contributed by atoms with Crippen molar-refractivity contribution in [1.82, 2.24) is 9.55 Å².